The zero-order valence-corrected chi connectivity index (χ0v) is 11.1. The van der Waals surface area contributed by atoms with Crippen molar-refractivity contribution in [3.05, 3.63) is 0 Å². The first-order valence-electron chi connectivity index (χ1n) is 6.11. The summed E-state index contributed by atoms with van der Waals surface area (Å²) in [6.45, 7) is 0.361. The minimum absolute atomic E-state index is 0.000555. The summed E-state index contributed by atoms with van der Waals surface area (Å²) in [5, 5.41) is 13.6. The minimum Gasteiger partial charge on any atom is -0.480 e. The lowest BCUT2D eigenvalue weighted by Gasteiger charge is -2.30. The number of rotatable bonds is 5. The van der Waals surface area contributed by atoms with Crippen LogP contribution in [0.4, 0.5) is 4.79 Å². The van der Waals surface area contributed by atoms with Gasteiger partial charge in [-0.15, -0.1) is 0 Å². The maximum absolute atomic E-state index is 11.7. The van der Waals surface area contributed by atoms with Crippen molar-refractivity contribution in [2.45, 2.75) is 31.3 Å². The summed E-state index contributed by atoms with van der Waals surface area (Å²) in [6.07, 6.45) is 0.334. The summed E-state index contributed by atoms with van der Waals surface area (Å²) in [5.41, 5.74) is 4.91. The molecule has 4 amide bonds. The number of aliphatic carboxylic acids is 1. The zero-order chi connectivity index (χ0) is 15.3. The number of primary amides is 1. The molecular formula is C11H18N4O5. The van der Waals surface area contributed by atoms with Gasteiger partial charge in [-0.1, -0.05) is 0 Å². The Bertz CT molecular complexity index is 425. The molecule has 1 aliphatic rings. The zero-order valence-electron chi connectivity index (χ0n) is 11.1. The van der Waals surface area contributed by atoms with Gasteiger partial charge in [-0.25, -0.2) is 9.59 Å². The molecule has 0 spiro atoms. The van der Waals surface area contributed by atoms with Crippen LogP contribution in [0.5, 0.6) is 0 Å². The third kappa shape index (κ3) is 4.75. The molecule has 2 unspecified atom stereocenters. The van der Waals surface area contributed by atoms with E-state index in [1.54, 1.807) is 7.05 Å². The second-order valence-corrected chi connectivity index (χ2v) is 4.69. The van der Waals surface area contributed by atoms with Crippen LogP contribution in [0.15, 0.2) is 0 Å². The van der Waals surface area contributed by atoms with Gasteiger partial charge in [0.1, 0.15) is 6.04 Å². The Hall–Kier alpha value is -2.32. The molecule has 0 aromatic heterocycles. The van der Waals surface area contributed by atoms with Crippen LogP contribution in [0.25, 0.3) is 0 Å². The van der Waals surface area contributed by atoms with Gasteiger partial charge >= 0.3 is 12.0 Å². The Labute approximate surface area is 115 Å². The van der Waals surface area contributed by atoms with Crippen LogP contribution in [-0.4, -0.2) is 59.5 Å². The summed E-state index contributed by atoms with van der Waals surface area (Å²) < 4.78 is 0. The molecule has 1 fully saturated rings. The molecule has 112 valence electrons. The number of carbonyl (C=O) groups is 4. The first-order valence-corrected chi connectivity index (χ1v) is 6.11. The average Bonchev–Trinajstić information content (AvgIpc) is 2.32. The molecule has 1 rings (SSSR count). The third-order valence-electron chi connectivity index (χ3n) is 2.97. The summed E-state index contributed by atoms with van der Waals surface area (Å²) in [5.74, 6) is -2.16. The van der Waals surface area contributed by atoms with Gasteiger partial charge in [-0.05, 0) is 6.42 Å². The largest absolute Gasteiger partial charge is 0.480 e. The average molecular weight is 286 g/mol. The quantitative estimate of drug-likeness (QED) is 0.473. The number of nitrogens with zero attached hydrogens (tertiary/aromatic N) is 1. The lowest BCUT2D eigenvalue weighted by Crippen LogP contribution is -2.54. The number of piperidine rings is 1. The molecule has 0 aromatic rings. The van der Waals surface area contributed by atoms with E-state index in [0.29, 0.717) is 19.4 Å². The highest BCUT2D eigenvalue weighted by Crippen LogP contribution is 2.09. The van der Waals surface area contributed by atoms with Crippen LogP contribution in [-0.2, 0) is 14.4 Å². The smallest absolute Gasteiger partial charge is 0.326 e. The molecule has 1 saturated heterocycles. The molecule has 20 heavy (non-hydrogen) atoms. The molecule has 2 atom stereocenters. The van der Waals surface area contributed by atoms with Crippen LogP contribution in [0.1, 0.15) is 19.3 Å². The summed E-state index contributed by atoms with van der Waals surface area (Å²) in [4.78, 5) is 46.0. The van der Waals surface area contributed by atoms with Gasteiger partial charge in [0.2, 0.25) is 11.8 Å². The van der Waals surface area contributed by atoms with E-state index in [2.05, 4.69) is 10.6 Å². The van der Waals surface area contributed by atoms with Crippen molar-refractivity contribution in [3.8, 4) is 0 Å². The number of nitrogens with one attached hydrogen (secondary N) is 2. The fourth-order valence-electron chi connectivity index (χ4n) is 1.92. The van der Waals surface area contributed by atoms with Crippen molar-refractivity contribution in [2.75, 3.05) is 13.6 Å². The first kappa shape index (κ1) is 15.7. The first-order chi connectivity index (χ1) is 9.29. The summed E-state index contributed by atoms with van der Waals surface area (Å²) >= 11 is 0. The van der Waals surface area contributed by atoms with Crippen molar-refractivity contribution < 1.29 is 24.3 Å². The summed E-state index contributed by atoms with van der Waals surface area (Å²) in [6, 6.07) is -2.32. The Morgan fingerprint density at radius 1 is 1.50 bits per heavy atom. The number of carboxylic acids is 1. The van der Waals surface area contributed by atoms with Gasteiger partial charge in [0.15, 0.2) is 0 Å². The number of carbonyl (C=O) groups excluding carboxylic acids is 3. The Kier molecular flexibility index (Phi) is 5.30. The number of nitrogens with two attached hydrogens (primary N) is 1. The Morgan fingerprint density at radius 2 is 2.15 bits per heavy atom. The molecule has 0 radical (unpaired) electrons. The second kappa shape index (κ2) is 6.73. The molecule has 0 aromatic carbocycles. The molecule has 9 nitrogen and oxygen atoms in total. The van der Waals surface area contributed by atoms with E-state index in [9.17, 15) is 19.2 Å². The molecule has 9 heteroatoms. The van der Waals surface area contributed by atoms with E-state index >= 15 is 0 Å². The number of hydrogen-bond donors (Lipinski definition) is 4. The fraction of sp³-hybridized carbons (Fsp3) is 0.636. The highest BCUT2D eigenvalue weighted by molar-refractivity contribution is 5.87. The predicted molar refractivity (Wildman–Crippen MR) is 67.6 cm³/mol. The Morgan fingerprint density at radius 3 is 2.65 bits per heavy atom. The van der Waals surface area contributed by atoms with Crippen molar-refractivity contribution in [1.82, 2.24) is 15.5 Å². The highest BCUT2D eigenvalue weighted by Gasteiger charge is 2.26. The maximum atomic E-state index is 11.7. The molecule has 0 bridgehead atoms. The molecular weight excluding hydrogens is 268 g/mol. The number of urea groups is 1. The molecule has 1 heterocycles. The molecule has 1 aliphatic heterocycles. The van der Waals surface area contributed by atoms with Gasteiger partial charge in [-0.2, -0.15) is 0 Å². The predicted octanol–water partition coefficient (Wildman–Crippen LogP) is -1.76. The van der Waals surface area contributed by atoms with Gasteiger partial charge < -0.3 is 26.4 Å². The van der Waals surface area contributed by atoms with E-state index < -0.39 is 30.4 Å². The lowest BCUT2D eigenvalue weighted by molar-refractivity contribution is -0.140. The SMILES string of the molecule is CN1CC(NC(=O)NC(CC(N)=O)C(=O)O)CCC1=O. The van der Waals surface area contributed by atoms with Gasteiger partial charge in [0.25, 0.3) is 0 Å². The number of amides is 4. The van der Waals surface area contributed by atoms with E-state index in [-0.39, 0.29) is 11.9 Å². The molecule has 5 N–H and O–H groups in total. The van der Waals surface area contributed by atoms with Crippen LogP contribution in [0.2, 0.25) is 0 Å². The van der Waals surface area contributed by atoms with E-state index in [4.69, 9.17) is 10.8 Å². The second-order valence-electron chi connectivity index (χ2n) is 4.69. The standard InChI is InChI=1S/C11H18N4O5/c1-15-5-6(2-3-9(15)17)13-11(20)14-7(10(18)19)4-8(12)16/h6-7H,2-5H2,1H3,(H2,12,16)(H,18,19)(H2,13,14,20). The van der Waals surface area contributed by atoms with E-state index in [1.807, 2.05) is 0 Å². The van der Waals surface area contributed by atoms with Crippen molar-refractivity contribution >= 4 is 23.8 Å². The van der Waals surface area contributed by atoms with E-state index in [0.717, 1.165) is 0 Å². The fourth-order valence-corrected chi connectivity index (χ4v) is 1.92. The van der Waals surface area contributed by atoms with E-state index in [1.165, 1.54) is 4.90 Å². The van der Waals surface area contributed by atoms with Crippen LogP contribution >= 0.6 is 0 Å². The highest BCUT2D eigenvalue weighted by atomic mass is 16.4. The minimum atomic E-state index is -1.37. The van der Waals surface area contributed by atoms with Gasteiger partial charge in [0.05, 0.1) is 6.42 Å². The molecule has 0 aliphatic carbocycles. The number of likely N-dealkylation sites (tertiary alicyclic amines) is 1. The van der Waals surface area contributed by atoms with Crippen molar-refractivity contribution in [1.29, 1.82) is 0 Å². The van der Waals surface area contributed by atoms with Crippen molar-refractivity contribution in [2.24, 2.45) is 5.73 Å². The number of hydrogen-bond acceptors (Lipinski definition) is 4. The number of carboxylic acid groups (broad SMARTS) is 1. The lowest BCUT2D eigenvalue weighted by atomic mass is 10.1. The normalized spacial score (nSPS) is 20.1. The van der Waals surface area contributed by atoms with Crippen LogP contribution in [0.3, 0.4) is 0 Å². The van der Waals surface area contributed by atoms with Crippen LogP contribution in [0, 0.1) is 0 Å². The topological polar surface area (TPSA) is 142 Å². The van der Waals surface area contributed by atoms with Gasteiger partial charge in [0, 0.05) is 26.1 Å². The monoisotopic (exact) mass is 286 g/mol. The summed E-state index contributed by atoms with van der Waals surface area (Å²) in [7, 11) is 1.63. The number of likely N-dealkylation sites (N-methyl/N-ethyl adjacent to an activating group) is 1. The van der Waals surface area contributed by atoms with Crippen LogP contribution < -0.4 is 16.4 Å². The Balaban J connectivity index is 2.47. The molecule has 0 saturated carbocycles. The van der Waals surface area contributed by atoms with Crippen molar-refractivity contribution in [3.63, 3.8) is 0 Å². The maximum Gasteiger partial charge on any atom is 0.326 e. The third-order valence-corrected chi connectivity index (χ3v) is 2.97. The van der Waals surface area contributed by atoms with Gasteiger partial charge in [-0.3, -0.25) is 9.59 Å².